The maximum atomic E-state index is 11.9. The molecule has 0 saturated heterocycles. The van der Waals surface area contributed by atoms with Crippen LogP contribution in [0.1, 0.15) is 65.2 Å². The van der Waals surface area contributed by atoms with Gasteiger partial charge in [0.2, 0.25) is 5.91 Å². The van der Waals surface area contributed by atoms with Crippen LogP contribution in [0.3, 0.4) is 0 Å². The lowest BCUT2D eigenvalue weighted by molar-refractivity contribution is -0.138. The zero-order valence-electron chi connectivity index (χ0n) is 12.2. The fourth-order valence-corrected chi connectivity index (χ4v) is 2.93. The zero-order chi connectivity index (χ0) is 14.3. The number of carboxylic acids is 1. The SMILES string of the molecule is CC(CC(=O)O)CC(=O)N[C@@H](C)C1CCCCCC1. The van der Waals surface area contributed by atoms with Crippen molar-refractivity contribution < 1.29 is 14.7 Å². The standard InChI is InChI=1S/C15H27NO3/c1-11(10-15(18)19)9-14(17)16-12(2)13-7-5-3-4-6-8-13/h11-13H,3-10H2,1-2H3,(H,16,17)(H,18,19)/t11?,12-/m0/s1. The Kier molecular flexibility index (Phi) is 6.89. The van der Waals surface area contributed by atoms with E-state index in [1.54, 1.807) is 0 Å². The van der Waals surface area contributed by atoms with Gasteiger partial charge in [-0.25, -0.2) is 0 Å². The van der Waals surface area contributed by atoms with Crippen molar-refractivity contribution in [1.82, 2.24) is 5.32 Å². The highest BCUT2D eigenvalue weighted by Crippen LogP contribution is 2.25. The smallest absolute Gasteiger partial charge is 0.303 e. The molecule has 110 valence electrons. The van der Waals surface area contributed by atoms with Crippen molar-refractivity contribution in [2.45, 2.75) is 71.3 Å². The van der Waals surface area contributed by atoms with Crippen molar-refractivity contribution in [3.8, 4) is 0 Å². The molecule has 4 heteroatoms. The first-order valence-electron chi connectivity index (χ1n) is 7.50. The summed E-state index contributed by atoms with van der Waals surface area (Å²) >= 11 is 0. The average Bonchev–Trinajstić information content (AvgIpc) is 2.55. The van der Waals surface area contributed by atoms with Crippen molar-refractivity contribution >= 4 is 11.9 Å². The summed E-state index contributed by atoms with van der Waals surface area (Å²) in [5.41, 5.74) is 0. The Morgan fingerprint density at radius 3 is 2.21 bits per heavy atom. The highest BCUT2D eigenvalue weighted by molar-refractivity contribution is 5.77. The lowest BCUT2D eigenvalue weighted by Crippen LogP contribution is -2.38. The molecular weight excluding hydrogens is 242 g/mol. The molecule has 1 aliphatic carbocycles. The van der Waals surface area contributed by atoms with Gasteiger partial charge in [0.05, 0.1) is 0 Å². The molecule has 19 heavy (non-hydrogen) atoms. The van der Waals surface area contributed by atoms with Crippen LogP contribution >= 0.6 is 0 Å². The predicted molar refractivity (Wildman–Crippen MR) is 74.8 cm³/mol. The summed E-state index contributed by atoms with van der Waals surface area (Å²) in [6.45, 7) is 3.89. The van der Waals surface area contributed by atoms with Crippen molar-refractivity contribution in [2.75, 3.05) is 0 Å². The number of carbonyl (C=O) groups excluding carboxylic acids is 1. The van der Waals surface area contributed by atoms with Crippen LogP contribution in [0.15, 0.2) is 0 Å². The second kappa shape index (κ2) is 8.18. The minimum Gasteiger partial charge on any atom is -0.481 e. The molecule has 1 aliphatic rings. The van der Waals surface area contributed by atoms with E-state index in [1.807, 2.05) is 6.92 Å². The molecule has 4 nitrogen and oxygen atoms in total. The van der Waals surface area contributed by atoms with Crippen LogP contribution in [0, 0.1) is 11.8 Å². The van der Waals surface area contributed by atoms with Gasteiger partial charge in [-0.05, 0) is 31.6 Å². The van der Waals surface area contributed by atoms with E-state index in [2.05, 4.69) is 12.2 Å². The molecule has 1 amide bonds. The second-order valence-electron chi connectivity index (χ2n) is 6.01. The maximum Gasteiger partial charge on any atom is 0.303 e. The van der Waals surface area contributed by atoms with Gasteiger partial charge in [0.25, 0.3) is 0 Å². The number of carbonyl (C=O) groups is 2. The molecule has 0 aromatic rings. The minimum atomic E-state index is -0.836. The molecule has 0 aromatic carbocycles. The number of carboxylic acid groups (broad SMARTS) is 1. The van der Waals surface area contributed by atoms with E-state index < -0.39 is 5.97 Å². The van der Waals surface area contributed by atoms with Crippen molar-refractivity contribution in [3.63, 3.8) is 0 Å². The number of hydrogen-bond acceptors (Lipinski definition) is 2. The maximum absolute atomic E-state index is 11.9. The van der Waals surface area contributed by atoms with Gasteiger partial charge in [-0.3, -0.25) is 9.59 Å². The molecule has 1 rings (SSSR count). The fourth-order valence-electron chi connectivity index (χ4n) is 2.93. The molecule has 2 atom stereocenters. The topological polar surface area (TPSA) is 66.4 Å². The lowest BCUT2D eigenvalue weighted by atomic mass is 9.92. The highest BCUT2D eigenvalue weighted by Gasteiger charge is 2.21. The summed E-state index contributed by atoms with van der Waals surface area (Å²) in [6.07, 6.45) is 7.92. The molecule has 0 heterocycles. The molecule has 0 aliphatic heterocycles. The molecule has 0 bridgehead atoms. The highest BCUT2D eigenvalue weighted by atomic mass is 16.4. The minimum absolute atomic E-state index is 0.00880. The summed E-state index contributed by atoms with van der Waals surface area (Å²) < 4.78 is 0. The van der Waals surface area contributed by atoms with Crippen molar-refractivity contribution in [3.05, 3.63) is 0 Å². The number of nitrogens with one attached hydrogen (secondary N) is 1. The van der Waals surface area contributed by atoms with Gasteiger partial charge in [0.15, 0.2) is 0 Å². The van der Waals surface area contributed by atoms with Crippen LogP contribution in [-0.4, -0.2) is 23.0 Å². The van der Waals surface area contributed by atoms with E-state index in [4.69, 9.17) is 5.11 Å². The second-order valence-corrected chi connectivity index (χ2v) is 6.01. The first-order chi connectivity index (χ1) is 8.99. The van der Waals surface area contributed by atoms with Crippen LogP contribution in [-0.2, 0) is 9.59 Å². The molecular formula is C15H27NO3. The van der Waals surface area contributed by atoms with Crippen molar-refractivity contribution in [2.24, 2.45) is 11.8 Å². The van der Waals surface area contributed by atoms with Gasteiger partial charge >= 0.3 is 5.97 Å². The Balaban J connectivity index is 2.31. The van der Waals surface area contributed by atoms with E-state index in [0.717, 1.165) is 0 Å². The van der Waals surface area contributed by atoms with Crippen LogP contribution in [0.5, 0.6) is 0 Å². The Morgan fingerprint density at radius 2 is 1.68 bits per heavy atom. The third kappa shape index (κ3) is 6.60. The normalized spacial score (nSPS) is 20.3. The zero-order valence-corrected chi connectivity index (χ0v) is 12.2. The number of amides is 1. The summed E-state index contributed by atoms with van der Waals surface area (Å²) in [4.78, 5) is 22.4. The average molecular weight is 269 g/mol. The Morgan fingerprint density at radius 1 is 1.11 bits per heavy atom. The van der Waals surface area contributed by atoms with Crippen LogP contribution < -0.4 is 5.32 Å². The quantitative estimate of drug-likeness (QED) is 0.728. The van der Waals surface area contributed by atoms with E-state index in [1.165, 1.54) is 38.5 Å². The number of hydrogen-bond donors (Lipinski definition) is 2. The third-order valence-electron chi connectivity index (χ3n) is 4.05. The molecule has 1 unspecified atom stereocenters. The van der Waals surface area contributed by atoms with Crippen molar-refractivity contribution in [1.29, 1.82) is 0 Å². The van der Waals surface area contributed by atoms with Gasteiger partial charge in [0.1, 0.15) is 0 Å². The van der Waals surface area contributed by atoms with Crippen LogP contribution in [0.4, 0.5) is 0 Å². The molecule has 2 N–H and O–H groups in total. The fraction of sp³-hybridized carbons (Fsp3) is 0.867. The Hall–Kier alpha value is -1.06. The third-order valence-corrected chi connectivity index (χ3v) is 4.05. The first kappa shape index (κ1) is 16.0. The molecule has 1 saturated carbocycles. The first-order valence-corrected chi connectivity index (χ1v) is 7.50. The summed E-state index contributed by atoms with van der Waals surface area (Å²) in [5.74, 6) is -0.359. The van der Waals surface area contributed by atoms with Gasteiger partial charge < -0.3 is 10.4 Å². The molecule has 0 spiro atoms. The number of rotatable bonds is 6. The Bertz CT molecular complexity index is 296. The van der Waals surface area contributed by atoms with Gasteiger partial charge in [-0.15, -0.1) is 0 Å². The van der Waals surface area contributed by atoms with Gasteiger partial charge in [-0.2, -0.15) is 0 Å². The molecule has 0 aromatic heterocycles. The van der Waals surface area contributed by atoms with Crippen LogP contribution in [0.2, 0.25) is 0 Å². The molecule has 1 fully saturated rings. The van der Waals surface area contributed by atoms with Crippen LogP contribution in [0.25, 0.3) is 0 Å². The summed E-state index contributed by atoms with van der Waals surface area (Å²) in [7, 11) is 0. The van der Waals surface area contributed by atoms with Gasteiger partial charge in [-0.1, -0.05) is 32.6 Å². The van der Waals surface area contributed by atoms with E-state index >= 15 is 0 Å². The largest absolute Gasteiger partial charge is 0.481 e. The lowest BCUT2D eigenvalue weighted by Gasteiger charge is -2.24. The summed E-state index contributed by atoms with van der Waals surface area (Å²) in [5, 5.41) is 11.7. The van der Waals surface area contributed by atoms with E-state index in [0.29, 0.717) is 12.3 Å². The number of aliphatic carboxylic acids is 1. The van der Waals surface area contributed by atoms with Gasteiger partial charge in [0, 0.05) is 18.9 Å². The molecule has 0 radical (unpaired) electrons. The summed E-state index contributed by atoms with van der Waals surface area (Å²) in [6, 6.07) is 0.211. The predicted octanol–water partition coefficient (Wildman–Crippen LogP) is 2.96. The van der Waals surface area contributed by atoms with E-state index in [9.17, 15) is 9.59 Å². The Labute approximate surface area is 116 Å². The monoisotopic (exact) mass is 269 g/mol. The van der Waals surface area contributed by atoms with E-state index in [-0.39, 0.29) is 24.3 Å².